The van der Waals surface area contributed by atoms with Gasteiger partial charge in [0.25, 0.3) is 0 Å². The minimum absolute atomic E-state index is 0.326. The van der Waals surface area contributed by atoms with E-state index in [0.717, 1.165) is 24.2 Å². The molecule has 4 nitrogen and oxygen atoms in total. The molecule has 112 valence electrons. The molecule has 0 aromatic heterocycles. The second-order valence-electron chi connectivity index (χ2n) is 5.17. The standard InChI is InChI=1S/C18H18N2O2/c1-20(13-16-5-3-4-15(10-16)11-19)12-14-6-8-17(9-7-14)18(21)22-2/h3-10H,12-13H2,1-2H3. The lowest BCUT2D eigenvalue weighted by atomic mass is 10.1. The SMILES string of the molecule is COC(=O)c1ccc(CN(C)Cc2cccc(C#N)c2)cc1. The van der Waals surface area contributed by atoms with E-state index in [-0.39, 0.29) is 5.97 Å². The number of carbonyl (C=O) groups excluding carboxylic acids is 1. The van der Waals surface area contributed by atoms with Gasteiger partial charge in [0, 0.05) is 13.1 Å². The Labute approximate surface area is 130 Å². The Morgan fingerprint density at radius 2 is 1.82 bits per heavy atom. The number of ether oxygens (including phenoxy) is 1. The summed E-state index contributed by atoms with van der Waals surface area (Å²) in [5.74, 6) is -0.326. The van der Waals surface area contributed by atoms with Crippen LogP contribution in [0.1, 0.15) is 27.0 Å². The molecule has 0 bridgehead atoms. The van der Waals surface area contributed by atoms with Gasteiger partial charge in [0.15, 0.2) is 0 Å². The average Bonchev–Trinajstić information content (AvgIpc) is 2.55. The molecule has 0 aliphatic carbocycles. The monoisotopic (exact) mass is 294 g/mol. The van der Waals surface area contributed by atoms with Crippen molar-refractivity contribution in [2.45, 2.75) is 13.1 Å². The molecule has 0 heterocycles. The minimum atomic E-state index is -0.326. The summed E-state index contributed by atoms with van der Waals surface area (Å²) in [5, 5.41) is 8.92. The van der Waals surface area contributed by atoms with Gasteiger partial charge in [-0.1, -0.05) is 24.3 Å². The summed E-state index contributed by atoms with van der Waals surface area (Å²) in [5.41, 5.74) is 3.45. The Bertz CT molecular complexity index is 687. The molecule has 22 heavy (non-hydrogen) atoms. The first kappa shape index (κ1) is 15.7. The molecule has 4 heteroatoms. The molecule has 0 N–H and O–H groups in total. The fourth-order valence-electron chi connectivity index (χ4n) is 2.28. The molecule has 2 aromatic rings. The van der Waals surface area contributed by atoms with Crippen LogP contribution in [0, 0.1) is 11.3 Å². The second kappa shape index (κ2) is 7.39. The molecule has 0 aliphatic heterocycles. The van der Waals surface area contributed by atoms with Crippen LogP contribution >= 0.6 is 0 Å². The maximum Gasteiger partial charge on any atom is 0.337 e. The zero-order valence-electron chi connectivity index (χ0n) is 12.7. The van der Waals surface area contributed by atoms with Gasteiger partial charge >= 0.3 is 5.97 Å². The molecule has 0 saturated heterocycles. The number of nitrogens with zero attached hydrogens (tertiary/aromatic N) is 2. The highest BCUT2D eigenvalue weighted by Crippen LogP contribution is 2.11. The molecule has 0 spiro atoms. The van der Waals surface area contributed by atoms with Crippen LogP contribution in [0.5, 0.6) is 0 Å². The Morgan fingerprint density at radius 1 is 1.14 bits per heavy atom. The summed E-state index contributed by atoms with van der Waals surface area (Å²) in [6, 6.07) is 17.1. The third-order valence-corrected chi connectivity index (χ3v) is 3.34. The summed E-state index contributed by atoms with van der Waals surface area (Å²) in [7, 11) is 3.40. The van der Waals surface area contributed by atoms with E-state index < -0.39 is 0 Å². The first-order valence-corrected chi connectivity index (χ1v) is 6.97. The van der Waals surface area contributed by atoms with E-state index >= 15 is 0 Å². The van der Waals surface area contributed by atoms with E-state index in [2.05, 4.69) is 15.7 Å². The molecule has 0 aliphatic rings. The van der Waals surface area contributed by atoms with Crippen molar-refractivity contribution in [3.8, 4) is 6.07 Å². The van der Waals surface area contributed by atoms with Crippen LogP contribution in [-0.4, -0.2) is 25.0 Å². The van der Waals surface area contributed by atoms with E-state index in [1.54, 1.807) is 18.2 Å². The first-order valence-electron chi connectivity index (χ1n) is 6.97. The van der Waals surface area contributed by atoms with Crippen LogP contribution in [0.2, 0.25) is 0 Å². The molecule has 0 saturated carbocycles. The predicted molar refractivity (Wildman–Crippen MR) is 84.1 cm³/mol. The van der Waals surface area contributed by atoms with Crippen molar-refractivity contribution in [3.63, 3.8) is 0 Å². The number of esters is 1. The van der Waals surface area contributed by atoms with Gasteiger partial charge in [0.1, 0.15) is 0 Å². The highest BCUT2D eigenvalue weighted by atomic mass is 16.5. The zero-order chi connectivity index (χ0) is 15.9. The molecule has 0 unspecified atom stereocenters. The maximum absolute atomic E-state index is 11.4. The predicted octanol–water partition coefficient (Wildman–Crippen LogP) is 2.98. The van der Waals surface area contributed by atoms with E-state index in [1.165, 1.54) is 7.11 Å². The molecular weight excluding hydrogens is 276 g/mol. The molecule has 0 amide bonds. The van der Waals surface area contributed by atoms with Crippen LogP contribution in [-0.2, 0) is 17.8 Å². The number of carbonyl (C=O) groups is 1. The second-order valence-corrected chi connectivity index (χ2v) is 5.17. The van der Waals surface area contributed by atoms with Crippen molar-refractivity contribution in [2.24, 2.45) is 0 Å². The topological polar surface area (TPSA) is 53.3 Å². The minimum Gasteiger partial charge on any atom is -0.465 e. The van der Waals surface area contributed by atoms with E-state index in [9.17, 15) is 4.79 Å². The Balaban J connectivity index is 1.98. The summed E-state index contributed by atoms with van der Waals surface area (Å²) in [4.78, 5) is 13.5. The smallest absolute Gasteiger partial charge is 0.337 e. The summed E-state index contributed by atoms with van der Waals surface area (Å²) >= 11 is 0. The lowest BCUT2D eigenvalue weighted by Gasteiger charge is -2.17. The van der Waals surface area contributed by atoms with Gasteiger partial charge in [0.05, 0.1) is 24.3 Å². The maximum atomic E-state index is 11.4. The molecule has 0 atom stereocenters. The van der Waals surface area contributed by atoms with Crippen molar-refractivity contribution in [3.05, 3.63) is 70.8 Å². The molecule has 2 rings (SSSR count). The van der Waals surface area contributed by atoms with Crippen LogP contribution in [0.25, 0.3) is 0 Å². The molecule has 0 radical (unpaired) electrons. The van der Waals surface area contributed by atoms with E-state index in [4.69, 9.17) is 5.26 Å². The molecule has 0 fully saturated rings. The van der Waals surface area contributed by atoms with Gasteiger partial charge in [-0.2, -0.15) is 5.26 Å². The van der Waals surface area contributed by atoms with Crippen molar-refractivity contribution in [1.29, 1.82) is 5.26 Å². The largest absolute Gasteiger partial charge is 0.465 e. The number of nitriles is 1. The molecule has 2 aromatic carbocycles. The lowest BCUT2D eigenvalue weighted by Crippen LogP contribution is -2.17. The van der Waals surface area contributed by atoms with Crippen molar-refractivity contribution in [1.82, 2.24) is 4.90 Å². The van der Waals surface area contributed by atoms with Crippen molar-refractivity contribution >= 4 is 5.97 Å². The third-order valence-electron chi connectivity index (χ3n) is 3.34. The Hall–Kier alpha value is -2.64. The number of rotatable bonds is 5. The van der Waals surface area contributed by atoms with Gasteiger partial charge in [0.2, 0.25) is 0 Å². The number of hydrogen-bond donors (Lipinski definition) is 0. The summed E-state index contributed by atoms with van der Waals surface area (Å²) in [6.45, 7) is 1.52. The van der Waals surface area contributed by atoms with Crippen molar-refractivity contribution in [2.75, 3.05) is 14.2 Å². The Morgan fingerprint density at radius 3 is 2.45 bits per heavy atom. The van der Waals surface area contributed by atoms with E-state index in [1.807, 2.05) is 37.4 Å². The highest BCUT2D eigenvalue weighted by Gasteiger charge is 2.06. The van der Waals surface area contributed by atoms with Crippen LogP contribution in [0.15, 0.2) is 48.5 Å². The van der Waals surface area contributed by atoms with Gasteiger partial charge < -0.3 is 4.74 Å². The van der Waals surface area contributed by atoms with Crippen LogP contribution < -0.4 is 0 Å². The first-order chi connectivity index (χ1) is 10.6. The Kier molecular flexibility index (Phi) is 5.29. The summed E-state index contributed by atoms with van der Waals surface area (Å²) in [6.07, 6.45) is 0. The van der Waals surface area contributed by atoms with Gasteiger partial charge in [-0.3, -0.25) is 4.90 Å². The molecular formula is C18H18N2O2. The van der Waals surface area contributed by atoms with Crippen LogP contribution in [0.4, 0.5) is 0 Å². The lowest BCUT2D eigenvalue weighted by molar-refractivity contribution is 0.0600. The number of hydrogen-bond acceptors (Lipinski definition) is 4. The van der Waals surface area contributed by atoms with Gasteiger partial charge in [-0.05, 0) is 42.4 Å². The van der Waals surface area contributed by atoms with Gasteiger partial charge in [-0.25, -0.2) is 4.79 Å². The number of benzene rings is 2. The van der Waals surface area contributed by atoms with E-state index in [0.29, 0.717) is 11.1 Å². The third kappa shape index (κ3) is 4.18. The van der Waals surface area contributed by atoms with Gasteiger partial charge in [-0.15, -0.1) is 0 Å². The zero-order valence-corrected chi connectivity index (χ0v) is 12.7. The summed E-state index contributed by atoms with van der Waals surface area (Å²) < 4.78 is 4.68. The van der Waals surface area contributed by atoms with Crippen molar-refractivity contribution < 1.29 is 9.53 Å². The van der Waals surface area contributed by atoms with Crippen LogP contribution in [0.3, 0.4) is 0 Å². The quantitative estimate of drug-likeness (QED) is 0.796. The average molecular weight is 294 g/mol. The normalized spacial score (nSPS) is 10.3. The fraction of sp³-hybridized carbons (Fsp3) is 0.222. The fourth-order valence-corrected chi connectivity index (χ4v) is 2.28. The highest BCUT2D eigenvalue weighted by molar-refractivity contribution is 5.89. The number of methoxy groups -OCH3 is 1.